The Hall–Kier alpha value is -4.21. The number of likely N-dealkylation sites (tertiary alicyclic amines) is 2. The number of carbonyl (C=O) groups is 4. The molecule has 3 amide bonds. The van der Waals surface area contributed by atoms with E-state index in [2.05, 4.69) is 15.6 Å². The van der Waals surface area contributed by atoms with Crippen LogP contribution in [-0.4, -0.2) is 78.8 Å². The van der Waals surface area contributed by atoms with Crippen molar-refractivity contribution in [3.05, 3.63) is 65.7 Å². The maximum Gasteiger partial charge on any atom is 0.309 e. The summed E-state index contributed by atoms with van der Waals surface area (Å²) in [6.07, 6.45) is 4.12. The number of hydrogen-bond acceptors (Lipinski definition) is 6. The van der Waals surface area contributed by atoms with E-state index in [-0.39, 0.29) is 42.6 Å². The highest BCUT2D eigenvalue weighted by molar-refractivity contribution is 6.10. The van der Waals surface area contributed by atoms with Crippen molar-refractivity contribution in [1.82, 2.24) is 15.1 Å². The first-order chi connectivity index (χ1) is 18.9. The van der Waals surface area contributed by atoms with Crippen LogP contribution in [0.3, 0.4) is 0 Å². The van der Waals surface area contributed by atoms with Gasteiger partial charge in [0.2, 0.25) is 17.8 Å². The first-order valence-corrected chi connectivity index (χ1v) is 13.4. The molecule has 2 aliphatic rings. The predicted octanol–water partition coefficient (Wildman–Crippen LogP) is 2.60. The number of aliphatic imine (C=N–C) groups is 1. The van der Waals surface area contributed by atoms with E-state index in [1.165, 1.54) is 7.11 Å². The molecule has 0 radical (unpaired) electrons. The number of ether oxygens (including phenoxy) is 1. The molecule has 206 valence electrons. The topological polar surface area (TPSA) is 120 Å². The van der Waals surface area contributed by atoms with Crippen LogP contribution in [0.2, 0.25) is 0 Å². The van der Waals surface area contributed by atoms with Gasteiger partial charge in [-0.3, -0.25) is 24.5 Å². The molecule has 0 aromatic heterocycles. The van der Waals surface area contributed by atoms with Crippen LogP contribution < -0.4 is 10.6 Å². The van der Waals surface area contributed by atoms with E-state index >= 15 is 0 Å². The molecule has 0 bridgehead atoms. The zero-order valence-corrected chi connectivity index (χ0v) is 22.2. The third-order valence-electron chi connectivity index (χ3n) is 6.86. The molecule has 39 heavy (non-hydrogen) atoms. The van der Waals surface area contributed by atoms with Gasteiger partial charge in [0.25, 0.3) is 5.91 Å². The minimum absolute atomic E-state index is 0.0383. The van der Waals surface area contributed by atoms with E-state index in [4.69, 9.17) is 4.74 Å². The summed E-state index contributed by atoms with van der Waals surface area (Å²) in [5.41, 5.74) is 1.75. The normalized spacial score (nSPS) is 17.9. The number of hydrogen-bond donors (Lipinski definition) is 2. The van der Waals surface area contributed by atoms with Crippen molar-refractivity contribution in [3.63, 3.8) is 0 Å². The van der Waals surface area contributed by atoms with Gasteiger partial charge in [-0.05, 0) is 61.9 Å². The number of methoxy groups -OCH3 is 1. The summed E-state index contributed by atoms with van der Waals surface area (Å²) >= 11 is 0. The van der Waals surface area contributed by atoms with E-state index < -0.39 is 6.04 Å². The largest absolute Gasteiger partial charge is 0.469 e. The highest BCUT2D eigenvalue weighted by atomic mass is 16.5. The number of benzene rings is 2. The first-order valence-electron chi connectivity index (χ1n) is 13.4. The van der Waals surface area contributed by atoms with Gasteiger partial charge in [0.1, 0.15) is 6.04 Å². The monoisotopic (exact) mass is 533 g/mol. The van der Waals surface area contributed by atoms with Gasteiger partial charge < -0.3 is 19.9 Å². The average molecular weight is 534 g/mol. The quantitative estimate of drug-likeness (QED) is 0.321. The molecule has 0 spiro atoms. The molecule has 10 nitrogen and oxygen atoms in total. The Morgan fingerprint density at radius 2 is 1.72 bits per heavy atom. The van der Waals surface area contributed by atoms with Gasteiger partial charge in [-0.1, -0.05) is 30.3 Å². The second kappa shape index (κ2) is 13.5. The number of nitrogens with one attached hydrogen (secondary N) is 2. The summed E-state index contributed by atoms with van der Waals surface area (Å²) in [6.45, 7) is 2.01. The van der Waals surface area contributed by atoms with Crippen LogP contribution >= 0.6 is 0 Å². The molecule has 10 heteroatoms. The van der Waals surface area contributed by atoms with Crippen molar-refractivity contribution >= 4 is 35.3 Å². The molecule has 2 aliphatic heterocycles. The molecule has 2 N–H and O–H groups in total. The number of amides is 3. The van der Waals surface area contributed by atoms with Crippen LogP contribution in [0.4, 0.5) is 5.69 Å². The zero-order valence-electron chi connectivity index (χ0n) is 22.2. The van der Waals surface area contributed by atoms with Gasteiger partial charge in [-0.15, -0.1) is 0 Å². The summed E-state index contributed by atoms with van der Waals surface area (Å²) in [4.78, 5) is 59.1. The summed E-state index contributed by atoms with van der Waals surface area (Å²) in [6, 6.07) is 15.1. The van der Waals surface area contributed by atoms with Crippen molar-refractivity contribution in [3.8, 4) is 0 Å². The minimum Gasteiger partial charge on any atom is -0.469 e. The van der Waals surface area contributed by atoms with E-state index in [1.807, 2.05) is 11.0 Å². The van der Waals surface area contributed by atoms with Crippen molar-refractivity contribution in [2.24, 2.45) is 4.99 Å². The SMILES string of the molecule is COC(=O)Cc1cccc(NC(=NC2CCCCN(CC(=O)N3CCCC3)C2=O)NC(=O)c2ccccc2)c1. The van der Waals surface area contributed by atoms with Crippen molar-refractivity contribution in [2.45, 2.75) is 44.6 Å². The first kappa shape index (κ1) is 27.8. The molecule has 0 aliphatic carbocycles. The second-order valence-electron chi connectivity index (χ2n) is 9.74. The molecule has 2 aromatic carbocycles. The molecule has 2 heterocycles. The summed E-state index contributed by atoms with van der Waals surface area (Å²) in [7, 11) is 1.33. The number of nitrogens with zero attached hydrogens (tertiary/aromatic N) is 3. The Bertz CT molecular complexity index is 1210. The average Bonchev–Trinajstić information content (AvgIpc) is 3.44. The minimum atomic E-state index is -0.754. The van der Waals surface area contributed by atoms with Gasteiger partial charge in [-0.25, -0.2) is 4.99 Å². The Labute approximate surface area is 228 Å². The molecule has 2 fully saturated rings. The molecule has 1 atom stereocenters. The van der Waals surface area contributed by atoms with Crippen LogP contribution in [0.15, 0.2) is 59.6 Å². The van der Waals surface area contributed by atoms with Crippen LogP contribution in [0.5, 0.6) is 0 Å². The second-order valence-corrected chi connectivity index (χ2v) is 9.74. The molecular weight excluding hydrogens is 498 g/mol. The molecular formula is C29H35N5O5. The van der Waals surface area contributed by atoms with Crippen LogP contribution in [0, 0.1) is 0 Å². The lowest BCUT2D eigenvalue weighted by Gasteiger charge is -2.25. The van der Waals surface area contributed by atoms with E-state index in [1.54, 1.807) is 53.4 Å². The van der Waals surface area contributed by atoms with Gasteiger partial charge in [0, 0.05) is 30.9 Å². The predicted molar refractivity (Wildman–Crippen MR) is 147 cm³/mol. The Morgan fingerprint density at radius 3 is 2.46 bits per heavy atom. The third kappa shape index (κ3) is 7.89. The number of carbonyl (C=O) groups excluding carboxylic acids is 4. The highest BCUT2D eigenvalue weighted by Crippen LogP contribution is 2.18. The number of anilines is 1. The molecule has 2 aromatic rings. The lowest BCUT2D eigenvalue weighted by Crippen LogP contribution is -2.45. The maximum atomic E-state index is 13.5. The number of rotatable bonds is 7. The van der Waals surface area contributed by atoms with Crippen molar-refractivity contribution in [1.29, 1.82) is 0 Å². The van der Waals surface area contributed by atoms with Gasteiger partial charge in [0.05, 0.1) is 20.1 Å². The van der Waals surface area contributed by atoms with Crippen LogP contribution in [0.25, 0.3) is 0 Å². The van der Waals surface area contributed by atoms with Gasteiger partial charge in [-0.2, -0.15) is 0 Å². The lowest BCUT2D eigenvalue weighted by molar-refractivity contribution is -0.140. The lowest BCUT2D eigenvalue weighted by atomic mass is 10.1. The Morgan fingerprint density at radius 1 is 0.974 bits per heavy atom. The highest BCUT2D eigenvalue weighted by Gasteiger charge is 2.30. The summed E-state index contributed by atoms with van der Waals surface area (Å²) in [5.74, 6) is -0.901. The fourth-order valence-electron chi connectivity index (χ4n) is 4.75. The Kier molecular flexibility index (Phi) is 9.66. The number of guanidine groups is 1. The van der Waals surface area contributed by atoms with E-state index in [0.29, 0.717) is 24.2 Å². The van der Waals surface area contributed by atoms with Crippen molar-refractivity contribution in [2.75, 3.05) is 38.6 Å². The fraction of sp³-hybridized carbons (Fsp3) is 0.414. The third-order valence-corrected chi connectivity index (χ3v) is 6.86. The zero-order chi connectivity index (χ0) is 27.6. The van der Waals surface area contributed by atoms with E-state index in [0.717, 1.165) is 44.3 Å². The molecule has 4 rings (SSSR count). The summed E-state index contributed by atoms with van der Waals surface area (Å²) in [5, 5.41) is 5.92. The van der Waals surface area contributed by atoms with Crippen molar-refractivity contribution < 1.29 is 23.9 Å². The van der Waals surface area contributed by atoms with Gasteiger partial charge in [0.15, 0.2) is 0 Å². The van der Waals surface area contributed by atoms with E-state index in [9.17, 15) is 19.2 Å². The van der Waals surface area contributed by atoms with Gasteiger partial charge >= 0.3 is 5.97 Å². The maximum absolute atomic E-state index is 13.5. The standard InChI is InChI=1S/C29H35N5O5/c1-39-26(36)19-21-10-9-13-23(18-21)30-29(32-27(37)22-11-3-2-4-12-22)31-24-14-5-6-17-34(28(24)38)20-25(35)33-15-7-8-16-33/h2-4,9-13,18,24H,5-8,14-17,19-20H2,1H3,(H2,30,31,32,37). The molecule has 0 saturated carbocycles. The fourth-order valence-corrected chi connectivity index (χ4v) is 4.75. The van der Waals surface area contributed by atoms with Crippen LogP contribution in [-0.2, 0) is 25.5 Å². The smallest absolute Gasteiger partial charge is 0.309 e. The Balaban J connectivity index is 1.56. The molecule has 1 unspecified atom stereocenters. The number of esters is 1. The molecule has 2 saturated heterocycles. The van der Waals surface area contributed by atoms with Crippen LogP contribution in [0.1, 0.15) is 48.0 Å². The summed E-state index contributed by atoms with van der Waals surface area (Å²) < 4.78 is 4.76.